The first-order valence-corrected chi connectivity index (χ1v) is 6.82. The van der Waals surface area contributed by atoms with Crippen LogP contribution in [0.1, 0.15) is 29.9 Å². The normalized spacial score (nSPS) is 23.4. The van der Waals surface area contributed by atoms with Crippen molar-refractivity contribution in [3.8, 4) is 0 Å². The molecule has 1 saturated heterocycles. The fourth-order valence-electron chi connectivity index (χ4n) is 1.77. The fraction of sp³-hybridized carbons (Fsp3) is 0.667. The number of carbonyl (C=O) groups is 1. The number of sulfone groups is 1. The molecule has 0 aromatic carbocycles. The molecule has 1 atom stereocenters. The number of aromatic nitrogens is 2. The van der Waals surface area contributed by atoms with Crippen LogP contribution < -0.4 is 0 Å². The lowest BCUT2D eigenvalue weighted by Gasteiger charge is -2.01. The zero-order valence-corrected chi connectivity index (χ0v) is 9.66. The van der Waals surface area contributed by atoms with Crippen LogP contribution in [0.2, 0.25) is 0 Å². The molecule has 1 unspecified atom stereocenters. The zero-order chi connectivity index (χ0) is 11.8. The van der Waals surface area contributed by atoms with Crippen molar-refractivity contribution in [3.05, 3.63) is 11.7 Å². The quantitative estimate of drug-likeness (QED) is 0.708. The summed E-state index contributed by atoms with van der Waals surface area (Å²) in [7, 11) is -2.88. The molecule has 1 aliphatic rings. The highest BCUT2D eigenvalue weighted by Gasteiger charge is 2.29. The van der Waals surface area contributed by atoms with E-state index in [1.807, 2.05) is 0 Å². The van der Waals surface area contributed by atoms with Crippen LogP contribution in [-0.2, 0) is 16.3 Å². The highest BCUT2D eigenvalue weighted by molar-refractivity contribution is 7.91. The van der Waals surface area contributed by atoms with E-state index >= 15 is 0 Å². The maximum Gasteiger partial charge on any atom is 0.293 e. The Kier molecular flexibility index (Phi) is 2.79. The summed E-state index contributed by atoms with van der Waals surface area (Å²) >= 11 is 0. The molecule has 2 rings (SSSR count). The molecule has 7 heteroatoms. The molecule has 1 fully saturated rings. The molecule has 0 bridgehead atoms. The largest absolute Gasteiger partial charge is 0.331 e. The van der Waals surface area contributed by atoms with Crippen molar-refractivity contribution in [2.45, 2.75) is 19.8 Å². The van der Waals surface area contributed by atoms with Crippen LogP contribution >= 0.6 is 0 Å². The molecule has 88 valence electrons. The van der Waals surface area contributed by atoms with Gasteiger partial charge in [0.25, 0.3) is 5.89 Å². The van der Waals surface area contributed by atoms with Crippen molar-refractivity contribution in [3.63, 3.8) is 0 Å². The molecule has 2 heterocycles. The van der Waals surface area contributed by atoms with E-state index in [0.717, 1.165) is 0 Å². The first-order chi connectivity index (χ1) is 7.46. The second-order valence-electron chi connectivity index (χ2n) is 4.05. The van der Waals surface area contributed by atoms with Crippen molar-refractivity contribution < 1.29 is 17.7 Å². The van der Waals surface area contributed by atoms with Crippen LogP contribution in [0.15, 0.2) is 4.52 Å². The Hall–Kier alpha value is -1.24. The van der Waals surface area contributed by atoms with Crippen molar-refractivity contribution in [2.24, 2.45) is 5.92 Å². The number of hydrogen-bond acceptors (Lipinski definition) is 6. The molecule has 1 aliphatic heterocycles. The summed E-state index contributed by atoms with van der Waals surface area (Å²) < 4.78 is 27.2. The Morgan fingerprint density at radius 3 is 2.81 bits per heavy atom. The molecule has 1 aromatic heterocycles. The van der Waals surface area contributed by atoms with E-state index in [-0.39, 0.29) is 29.1 Å². The lowest BCUT2D eigenvalue weighted by Crippen LogP contribution is -2.08. The summed E-state index contributed by atoms with van der Waals surface area (Å²) in [6.45, 7) is 1.34. The topological polar surface area (TPSA) is 90.1 Å². The van der Waals surface area contributed by atoms with Gasteiger partial charge in [-0.05, 0) is 12.3 Å². The molecule has 1 aromatic rings. The number of nitrogens with zero attached hydrogens (tertiary/aromatic N) is 2. The van der Waals surface area contributed by atoms with Crippen LogP contribution in [0.4, 0.5) is 0 Å². The first-order valence-electron chi connectivity index (χ1n) is 5.00. The predicted molar refractivity (Wildman–Crippen MR) is 54.8 cm³/mol. The fourth-order valence-corrected chi connectivity index (χ4v) is 3.63. The van der Waals surface area contributed by atoms with Gasteiger partial charge in [0.2, 0.25) is 5.78 Å². The Morgan fingerprint density at radius 2 is 2.31 bits per heavy atom. The van der Waals surface area contributed by atoms with Crippen molar-refractivity contribution in [2.75, 3.05) is 11.5 Å². The number of Topliss-reactive ketones (excluding diaryl/α,β-unsaturated/α-hetero) is 1. The number of rotatable bonds is 3. The minimum absolute atomic E-state index is 0.0177. The minimum atomic E-state index is -2.88. The summed E-state index contributed by atoms with van der Waals surface area (Å²) in [6.07, 6.45) is 1.09. The summed E-state index contributed by atoms with van der Waals surface area (Å²) in [4.78, 5) is 14.8. The standard InChI is InChI=1S/C9H12N2O4S/c1-6(12)9-10-8(11-15-9)4-7-2-3-16(13,14)5-7/h7H,2-5H2,1H3. The molecule has 0 radical (unpaired) electrons. The van der Waals surface area contributed by atoms with E-state index in [1.54, 1.807) is 0 Å². The molecular formula is C9H12N2O4S. The Morgan fingerprint density at radius 1 is 1.56 bits per heavy atom. The molecule has 0 saturated carbocycles. The van der Waals surface area contributed by atoms with Crippen LogP contribution in [0.3, 0.4) is 0 Å². The van der Waals surface area contributed by atoms with Gasteiger partial charge in [-0.3, -0.25) is 4.79 Å². The molecule has 16 heavy (non-hydrogen) atoms. The third-order valence-corrected chi connectivity index (χ3v) is 4.40. The van der Waals surface area contributed by atoms with Crippen molar-refractivity contribution >= 4 is 15.6 Å². The highest BCUT2D eigenvalue weighted by Crippen LogP contribution is 2.21. The average Bonchev–Trinajstić information content (AvgIpc) is 2.73. The third-order valence-electron chi connectivity index (χ3n) is 2.57. The van der Waals surface area contributed by atoms with E-state index in [2.05, 4.69) is 10.1 Å². The zero-order valence-electron chi connectivity index (χ0n) is 8.84. The second-order valence-corrected chi connectivity index (χ2v) is 6.27. The third kappa shape index (κ3) is 2.46. The molecule has 0 N–H and O–H groups in total. The van der Waals surface area contributed by atoms with E-state index in [4.69, 9.17) is 4.52 Å². The summed E-state index contributed by atoms with van der Waals surface area (Å²) in [6, 6.07) is 0. The van der Waals surface area contributed by atoms with Gasteiger partial charge in [0.05, 0.1) is 11.5 Å². The van der Waals surface area contributed by atoms with Crippen molar-refractivity contribution in [1.82, 2.24) is 10.1 Å². The van der Waals surface area contributed by atoms with Gasteiger partial charge in [-0.25, -0.2) is 8.42 Å². The van der Waals surface area contributed by atoms with Gasteiger partial charge in [0.1, 0.15) is 0 Å². The van der Waals surface area contributed by atoms with Gasteiger partial charge < -0.3 is 4.52 Å². The van der Waals surface area contributed by atoms with E-state index in [1.165, 1.54) is 6.92 Å². The predicted octanol–water partition coefficient (Wildman–Crippen LogP) is 0.249. The van der Waals surface area contributed by atoms with Crippen LogP contribution in [0.25, 0.3) is 0 Å². The molecular weight excluding hydrogens is 232 g/mol. The van der Waals surface area contributed by atoms with Gasteiger partial charge in [0, 0.05) is 13.3 Å². The van der Waals surface area contributed by atoms with Gasteiger partial charge in [-0.1, -0.05) is 5.16 Å². The van der Waals surface area contributed by atoms with Gasteiger partial charge in [-0.15, -0.1) is 0 Å². The minimum Gasteiger partial charge on any atom is -0.331 e. The summed E-state index contributed by atoms with van der Waals surface area (Å²) in [5.41, 5.74) is 0. The van der Waals surface area contributed by atoms with Gasteiger partial charge in [-0.2, -0.15) is 4.98 Å². The second kappa shape index (κ2) is 3.97. The van der Waals surface area contributed by atoms with Crippen LogP contribution in [0.5, 0.6) is 0 Å². The van der Waals surface area contributed by atoms with E-state index in [0.29, 0.717) is 18.7 Å². The number of ketones is 1. The first kappa shape index (κ1) is 11.3. The Bertz CT molecular complexity index is 505. The summed E-state index contributed by atoms with van der Waals surface area (Å²) in [5, 5.41) is 3.65. The Labute approximate surface area is 93.0 Å². The molecule has 0 amide bonds. The average molecular weight is 244 g/mol. The lowest BCUT2D eigenvalue weighted by molar-refractivity contribution is 0.0972. The van der Waals surface area contributed by atoms with Gasteiger partial charge >= 0.3 is 0 Å². The summed E-state index contributed by atoms with van der Waals surface area (Å²) in [5.74, 6) is 0.565. The van der Waals surface area contributed by atoms with E-state index in [9.17, 15) is 13.2 Å². The van der Waals surface area contributed by atoms with Crippen molar-refractivity contribution in [1.29, 1.82) is 0 Å². The van der Waals surface area contributed by atoms with Gasteiger partial charge in [0.15, 0.2) is 15.7 Å². The lowest BCUT2D eigenvalue weighted by atomic mass is 10.1. The SMILES string of the molecule is CC(=O)c1nc(CC2CCS(=O)(=O)C2)no1. The molecule has 0 aliphatic carbocycles. The molecule has 0 spiro atoms. The number of hydrogen-bond donors (Lipinski definition) is 0. The van der Waals surface area contributed by atoms with Crippen LogP contribution in [0, 0.1) is 5.92 Å². The number of carbonyl (C=O) groups excluding carboxylic acids is 1. The van der Waals surface area contributed by atoms with Crippen LogP contribution in [-0.4, -0.2) is 35.8 Å². The maximum absolute atomic E-state index is 11.2. The monoisotopic (exact) mass is 244 g/mol. The highest BCUT2D eigenvalue weighted by atomic mass is 32.2. The maximum atomic E-state index is 11.2. The smallest absolute Gasteiger partial charge is 0.293 e. The molecule has 6 nitrogen and oxygen atoms in total. The Balaban J connectivity index is 2.02. The van der Waals surface area contributed by atoms with E-state index < -0.39 is 9.84 Å².